The minimum Gasteiger partial charge on any atom is -0.352 e. The Morgan fingerprint density at radius 3 is 2.16 bits per heavy atom. The number of carbonyl (C=O) groups excluding carboxylic acids is 2. The maximum Gasteiger partial charge on any atom is 0.416 e. The van der Waals surface area contributed by atoms with Crippen LogP contribution in [-0.4, -0.2) is 30.4 Å². The molecule has 1 fully saturated rings. The van der Waals surface area contributed by atoms with Crippen LogP contribution < -0.4 is 16.4 Å². The highest BCUT2D eigenvalue weighted by molar-refractivity contribution is 5.96. The number of amides is 2. The van der Waals surface area contributed by atoms with Gasteiger partial charge in [0.2, 0.25) is 5.91 Å². The molecule has 0 saturated heterocycles. The number of rotatable bonds is 4. The van der Waals surface area contributed by atoms with E-state index >= 15 is 0 Å². The molecule has 0 spiro atoms. The SMILES string of the molecule is Cl.NC1CCC(NC(=O)CNC(=O)c2ccc(C(F)(F)F)cc2)CC1. The lowest BCUT2D eigenvalue weighted by Crippen LogP contribution is -2.44. The molecule has 25 heavy (non-hydrogen) atoms. The zero-order valence-electron chi connectivity index (χ0n) is 13.4. The highest BCUT2D eigenvalue weighted by Gasteiger charge is 2.30. The molecule has 0 radical (unpaired) electrons. The molecule has 0 aliphatic heterocycles. The molecule has 0 heterocycles. The lowest BCUT2D eigenvalue weighted by Gasteiger charge is -2.26. The Hall–Kier alpha value is -1.80. The average molecular weight is 380 g/mol. The molecule has 4 N–H and O–H groups in total. The fourth-order valence-electron chi connectivity index (χ4n) is 2.62. The van der Waals surface area contributed by atoms with Gasteiger partial charge in [0, 0.05) is 17.6 Å². The Labute approximate surface area is 149 Å². The first kappa shape index (κ1) is 21.2. The Morgan fingerprint density at radius 2 is 1.64 bits per heavy atom. The smallest absolute Gasteiger partial charge is 0.352 e. The first-order chi connectivity index (χ1) is 11.3. The fourth-order valence-corrected chi connectivity index (χ4v) is 2.62. The van der Waals surface area contributed by atoms with E-state index in [-0.39, 0.29) is 42.5 Å². The van der Waals surface area contributed by atoms with Crippen LogP contribution in [0, 0.1) is 0 Å². The summed E-state index contributed by atoms with van der Waals surface area (Å²) in [4.78, 5) is 23.7. The molecule has 0 unspecified atom stereocenters. The summed E-state index contributed by atoms with van der Waals surface area (Å²) < 4.78 is 37.4. The third kappa shape index (κ3) is 6.55. The van der Waals surface area contributed by atoms with Crippen LogP contribution in [-0.2, 0) is 11.0 Å². The molecule has 1 saturated carbocycles. The number of hydrogen-bond acceptors (Lipinski definition) is 3. The zero-order valence-corrected chi connectivity index (χ0v) is 14.3. The molecule has 5 nitrogen and oxygen atoms in total. The first-order valence-electron chi connectivity index (χ1n) is 7.76. The summed E-state index contributed by atoms with van der Waals surface area (Å²) in [6, 6.07) is 4.07. The summed E-state index contributed by atoms with van der Waals surface area (Å²) >= 11 is 0. The number of halogens is 4. The molecule has 2 rings (SSSR count). The highest BCUT2D eigenvalue weighted by atomic mass is 35.5. The number of nitrogens with two attached hydrogens (primary N) is 1. The second-order valence-electron chi connectivity index (χ2n) is 5.94. The van der Waals surface area contributed by atoms with E-state index in [1.54, 1.807) is 0 Å². The molecule has 0 aromatic heterocycles. The van der Waals surface area contributed by atoms with Gasteiger partial charge in [0.15, 0.2) is 0 Å². The molecular formula is C16H21ClF3N3O2. The quantitative estimate of drug-likeness (QED) is 0.750. The van der Waals surface area contributed by atoms with Gasteiger partial charge in [-0.1, -0.05) is 0 Å². The third-order valence-electron chi connectivity index (χ3n) is 4.02. The largest absolute Gasteiger partial charge is 0.416 e. The Kier molecular flexibility index (Phi) is 7.69. The van der Waals surface area contributed by atoms with Crippen molar-refractivity contribution >= 4 is 24.2 Å². The van der Waals surface area contributed by atoms with Gasteiger partial charge >= 0.3 is 6.18 Å². The summed E-state index contributed by atoms with van der Waals surface area (Å²) in [7, 11) is 0. The first-order valence-corrected chi connectivity index (χ1v) is 7.76. The van der Waals surface area contributed by atoms with E-state index in [0.717, 1.165) is 49.9 Å². The number of benzene rings is 1. The summed E-state index contributed by atoms with van der Waals surface area (Å²) in [6.45, 7) is -0.220. The Morgan fingerprint density at radius 1 is 1.08 bits per heavy atom. The van der Waals surface area contributed by atoms with E-state index in [4.69, 9.17) is 5.73 Å². The molecule has 1 aromatic rings. The molecule has 1 aromatic carbocycles. The van der Waals surface area contributed by atoms with Gasteiger partial charge in [-0.05, 0) is 49.9 Å². The minimum atomic E-state index is -4.45. The Bertz CT molecular complexity index is 585. The minimum absolute atomic E-state index is 0. The van der Waals surface area contributed by atoms with E-state index < -0.39 is 17.6 Å². The van der Waals surface area contributed by atoms with Crippen LogP contribution in [0.15, 0.2) is 24.3 Å². The lowest BCUT2D eigenvalue weighted by atomic mass is 9.92. The Balaban J connectivity index is 0.00000312. The number of carbonyl (C=O) groups is 2. The van der Waals surface area contributed by atoms with Gasteiger partial charge in [-0.25, -0.2) is 0 Å². The fraction of sp³-hybridized carbons (Fsp3) is 0.500. The second-order valence-corrected chi connectivity index (χ2v) is 5.94. The molecule has 1 aliphatic carbocycles. The van der Waals surface area contributed by atoms with Gasteiger partial charge in [-0.3, -0.25) is 9.59 Å². The van der Waals surface area contributed by atoms with Gasteiger partial charge in [0.1, 0.15) is 0 Å². The molecule has 2 amide bonds. The number of nitrogens with one attached hydrogen (secondary N) is 2. The monoisotopic (exact) mass is 379 g/mol. The van der Waals surface area contributed by atoms with Crippen molar-refractivity contribution in [3.63, 3.8) is 0 Å². The van der Waals surface area contributed by atoms with Crippen LogP contribution in [0.5, 0.6) is 0 Å². The molecule has 0 bridgehead atoms. The molecule has 9 heteroatoms. The predicted octanol–water partition coefficient (Wildman–Crippen LogP) is 2.24. The van der Waals surface area contributed by atoms with Crippen molar-refractivity contribution in [1.29, 1.82) is 0 Å². The average Bonchev–Trinajstić information content (AvgIpc) is 2.54. The molecule has 140 valence electrons. The van der Waals surface area contributed by atoms with Crippen LogP contribution in [0.2, 0.25) is 0 Å². The second kappa shape index (κ2) is 9.05. The highest BCUT2D eigenvalue weighted by Crippen LogP contribution is 2.29. The summed E-state index contributed by atoms with van der Waals surface area (Å²) in [5.41, 5.74) is 5.03. The van der Waals surface area contributed by atoms with Gasteiger partial charge in [-0.2, -0.15) is 13.2 Å². The van der Waals surface area contributed by atoms with Crippen molar-refractivity contribution in [2.24, 2.45) is 5.73 Å². The van der Waals surface area contributed by atoms with Crippen LogP contribution >= 0.6 is 12.4 Å². The zero-order chi connectivity index (χ0) is 17.7. The van der Waals surface area contributed by atoms with Crippen molar-refractivity contribution in [2.45, 2.75) is 43.9 Å². The number of alkyl halides is 3. The lowest BCUT2D eigenvalue weighted by molar-refractivity contribution is -0.137. The summed E-state index contributed by atoms with van der Waals surface area (Å²) in [5, 5.41) is 5.22. The van der Waals surface area contributed by atoms with Crippen LogP contribution in [0.1, 0.15) is 41.6 Å². The van der Waals surface area contributed by atoms with E-state index in [1.807, 2.05) is 0 Å². The molecule has 0 atom stereocenters. The summed E-state index contributed by atoms with van der Waals surface area (Å²) in [5.74, 6) is -0.916. The van der Waals surface area contributed by atoms with Crippen molar-refractivity contribution in [1.82, 2.24) is 10.6 Å². The van der Waals surface area contributed by atoms with Crippen molar-refractivity contribution in [2.75, 3.05) is 6.54 Å². The maximum absolute atomic E-state index is 12.5. The molecular weight excluding hydrogens is 359 g/mol. The summed E-state index contributed by atoms with van der Waals surface area (Å²) in [6.07, 6.45) is -1.14. The predicted molar refractivity (Wildman–Crippen MR) is 89.4 cm³/mol. The maximum atomic E-state index is 12.5. The van der Waals surface area contributed by atoms with E-state index in [9.17, 15) is 22.8 Å². The number of hydrogen-bond donors (Lipinski definition) is 3. The normalized spacial score (nSPS) is 20.3. The van der Waals surface area contributed by atoms with Crippen LogP contribution in [0.4, 0.5) is 13.2 Å². The van der Waals surface area contributed by atoms with Gasteiger partial charge in [-0.15, -0.1) is 12.4 Å². The van der Waals surface area contributed by atoms with E-state index in [2.05, 4.69) is 10.6 Å². The molecule has 1 aliphatic rings. The van der Waals surface area contributed by atoms with Crippen LogP contribution in [0.3, 0.4) is 0 Å². The van der Waals surface area contributed by atoms with Crippen LogP contribution in [0.25, 0.3) is 0 Å². The van der Waals surface area contributed by atoms with E-state index in [0.29, 0.717) is 0 Å². The van der Waals surface area contributed by atoms with Crippen molar-refractivity contribution in [3.05, 3.63) is 35.4 Å². The van der Waals surface area contributed by atoms with Crippen molar-refractivity contribution < 1.29 is 22.8 Å². The van der Waals surface area contributed by atoms with Crippen molar-refractivity contribution in [3.8, 4) is 0 Å². The van der Waals surface area contributed by atoms with Gasteiger partial charge in [0.25, 0.3) is 5.91 Å². The van der Waals surface area contributed by atoms with Gasteiger partial charge in [0.05, 0.1) is 12.1 Å². The topological polar surface area (TPSA) is 84.2 Å². The standard InChI is InChI=1S/C16H20F3N3O2.ClH/c17-16(18,19)11-3-1-10(2-4-11)15(24)21-9-14(23)22-13-7-5-12(20)6-8-13;/h1-4,12-13H,5-9,20H2,(H,21,24)(H,22,23);1H. The van der Waals surface area contributed by atoms with E-state index in [1.165, 1.54) is 0 Å². The third-order valence-corrected chi connectivity index (χ3v) is 4.02. The van der Waals surface area contributed by atoms with Gasteiger partial charge < -0.3 is 16.4 Å².